The normalized spacial score (nSPS) is 17.2. The van der Waals surface area contributed by atoms with Crippen molar-refractivity contribution in [1.82, 2.24) is 0 Å². The summed E-state index contributed by atoms with van der Waals surface area (Å²) < 4.78 is 0. The zero-order chi connectivity index (χ0) is 11.7. The molecule has 16 heavy (non-hydrogen) atoms. The van der Waals surface area contributed by atoms with Crippen molar-refractivity contribution in [2.24, 2.45) is 0 Å². The van der Waals surface area contributed by atoms with Crippen LogP contribution in [-0.2, 0) is 11.2 Å². The minimum Gasteiger partial charge on any atom is -0.388 e. The molecule has 0 radical (unpaired) electrons. The summed E-state index contributed by atoms with van der Waals surface area (Å²) >= 11 is 0. The maximum absolute atomic E-state index is 11.5. The fourth-order valence-corrected chi connectivity index (χ4v) is 2.12. The van der Waals surface area contributed by atoms with Gasteiger partial charge in [-0.15, -0.1) is 0 Å². The zero-order valence-corrected chi connectivity index (χ0v) is 9.73. The third kappa shape index (κ3) is 1.83. The minimum atomic E-state index is -0.395. The number of fused-ring (bicyclic) bond motifs is 1. The Bertz CT molecular complexity index is 414. The van der Waals surface area contributed by atoms with Crippen molar-refractivity contribution in [2.45, 2.75) is 32.3 Å². The van der Waals surface area contributed by atoms with Crippen molar-refractivity contribution in [1.29, 1.82) is 0 Å². The topological polar surface area (TPSA) is 40.5 Å². The Kier molecular flexibility index (Phi) is 2.97. The number of anilines is 1. The summed E-state index contributed by atoms with van der Waals surface area (Å²) in [6.45, 7) is 1.96. The number of hydrogen-bond donors (Lipinski definition) is 1. The number of aryl methyl sites for hydroxylation is 1. The zero-order valence-electron chi connectivity index (χ0n) is 9.73. The first-order valence-corrected chi connectivity index (χ1v) is 5.71. The summed E-state index contributed by atoms with van der Waals surface area (Å²) in [5.74, 6) is 0.163. The van der Waals surface area contributed by atoms with Crippen LogP contribution < -0.4 is 4.90 Å². The van der Waals surface area contributed by atoms with Crippen LogP contribution in [0.5, 0.6) is 0 Å². The fourth-order valence-electron chi connectivity index (χ4n) is 2.12. The second-order valence-electron chi connectivity index (χ2n) is 4.26. The van der Waals surface area contributed by atoms with E-state index in [1.807, 2.05) is 25.1 Å². The number of carbonyl (C=O) groups is 1. The van der Waals surface area contributed by atoms with Crippen LogP contribution in [0.25, 0.3) is 0 Å². The summed E-state index contributed by atoms with van der Waals surface area (Å²) in [6, 6.07) is 5.86. The number of rotatable bonds is 2. The van der Waals surface area contributed by atoms with Gasteiger partial charge in [-0.25, -0.2) is 0 Å². The van der Waals surface area contributed by atoms with E-state index in [1.54, 1.807) is 11.9 Å². The molecule has 1 aliphatic heterocycles. The highest BCUT2D eigenvalue weighted by atomic mass is 16.3. The molecule has 2 rings (SSSR count). The molecule has 0 unspecified atom stereocenters. The van der Waals surface area contributed by atoms with Crippen LogP contribution >= 0.6 is 0 Å². The van der Waals surface area contributed by atoms with E-state index in [1.165, 1.54) is 0 Å². The van der Waals surface area contributed by atoms with Crippen molar-refractivity contribution in [3.05, 3.63) is 29.3 Å². The molecule has 1 aliphatic rings. The van der Waals surface area contributed by atoms with Crippen LogP contribution in [0.1, 0.15) is 37.0 Å². The second kappa shape index (κ2) is 4.26. The van der Waals surface area contributed by atoms with Gasteiger partial charge in [0.1, 0.15) is 0 Å². The Morgan fingerprint density at radius 3 is 2.88 bits per heavy atom. The van der Waals surface area contributed by atoms with E-state index < -0.39 is 6.10 Å². The molecule has 0 saturated carbocycles. The molecule has 0 fully saturated rings. The van der Waals surface area contributed by atoms with E-state index in [2.05, 4.69) is 0 Å². The summed E-state index contributed by atoms with van der Waals surface area (Å²) in [6.07, 6.45) is 1.67. The molecule has 1 atom stereocenters. The number of hydrogen-bond acceptors (Lipinski definition) is 2. The maximum Gasteiger partial charge on any atom is 0.227 e. The van der Waals surface area contributed by atoms with Crippen molar-refractivity contribution in [3.8, 4) is 0 Å². The Hall–Kier alpha value is -1.35. The lowest BCUT2D eigenvalue weighted by Gasteiger charge is -2.26. The lowest BCUT2D eigenvalue weighted by Crippen LogP contribution is -2.31. The smallest absolute Gasteiger partial charge is 0.227 e. The molecule has 1 heterocycles. The van der Waals surface area contributed by atoms with Gasteiger partial charge >= 0.3 is 0 Å². The van der Waals surface area contributed by atoms with E-state index in [9.17, 15) is 9.90 Å². The Morgan fingerprint density at radius 1 is 1.44 bits per heavy atom. The summed E-state index contributed by atoms with van der Waals surface area (Å²) in [4.78, 5) is 13.2. The summed E-state index contributed by atoms with van der Waals surface area (Å²) in [7, 11) is 1.80. The van der Waals surface area contributed by atoms with Gasteiger partial charge in [0.05, 0.1) is 6.10 Å². The molecule has 1 aromatic rings. The predicted molar refractivity (Wildman–Crippen MR) is 63.4 cm³/mol. The van der Waals surface area contributed by atoms with Crippen LogP contribution in [0, 0.1) is 0 Å². The Labute approximate surface area is 95.7 Å². The fraction of sp³-hybridized carbons (Fsp3) is 0.462. The van der Waals surface area contributed by atoms with Crippen LogP contribution in [0.4, 0.5) is 5.69 Å². The van der Waals surface area contributed by atoms with E-state index in [-0.39, 0.29) is 5.91 Å². The molecule has 0 spiro atoms. The number of aliphatic hydroxyl groups excluding tert-OH is 1. The van der Waals surface area contributed by atoms with E-state index in [4.69, 9.17) is 0 Å². The van der Waals surface area contributed by atoms with Crippen LogP contribution in [0.2, 0.25) is 0 Å². The lowest BCUT2D eigenvalue weighted by molar-refractivity contribution is -0.118. The predicted octanol–water partition coefficient (Wildman–Crippen LogP) is 2.04. The van der Waals surface area contributed by atoms with Gasteiger partial charge in [-0.05, 0) is 30.0 Å². The van der Waals surface area contributed by atoms with E-state index >= 15 is 0 Å². The maximum atomic E-state index is 11.5. The van der Waals surface area contributed by atoms with Gasteiger partial charge in [0.2, 0.25) is 5.91 Å². The van der Waals surface area contributed by atoms with Crippen molar-refractivity contribution < 1.29 is 9.90 Å². The average Bonchev–Trinajstić information content (AvgIpc) is 2.32. The van der Waals surface area contributed by atoms with Crippen LogP contribution in [0.15, 0.2) is 18.2 Å². The molecule has 0 bridgehead atoms. The Balaban J connectivity index is 2.37. The van der Waals surface area contributed by atoms with E-state index in [0.29, 0.717) is 12.8 Å². The number of carbonyl (C=O) groups excluding carboxylic acids is 1. The SMILES string of the molecule is CC[C@H](O)c1ccc2c(c1)CCC(=O)N2C. The monoisotopic (exact) mass is 219 g/mol. The highest BCUT2D eigenvalue weighted by Gasteiger charge is 2.21. The molecule has 0 saturated heterocycles. The molecule has 3 heteroatoms. The lowest BCUT2D eigenvalue weighted by atomic mass is 9.96. The molecular formula is C13H17NO2. The number of nitrogens with zero attached hydrogens (tertiary/aromatic N) is 1. The average molecular weight is 219 g/mol. The van der Waals surface area contributed by atoms with Crippen LogP contribution in [0.3, 0.4) is 0 Å². The second-order valence-corrected chi connectivity index (χ2v) is 4.26. The summed E-state index contributed by atoms with van der Waals surface area (Å²) in [5, 5.41) is 9.77. The molecule has 86 valence electrons. The molecule has 1 amide bonds. The molecule has 0 aromatic heterocycles. The van der Waals surface area contributed by atoms with Gasteiger partial charge in [0.15, 0.2) is 0 Å². The number of amides is 1. The Morgan fingerprint density at radius 2 is 2.19 bits per heavy atom. The quantitative estimate of drug-likeness (QED) is 0.827. The molecule has 1 aromatic carbocycles. The highest BCUT2D eigenvalue weighted by molar-refractivity contribution is 5.95. The first-order valence-electron chi connectivity index (χ1n) is 5.71. The standard InChI is InChI=1S/C13H17NO2/c1-3-12(15)10-4-6-11-9(8-10)5-7-13(16)14(11)2/h4,6,8,12,15H,3,5,7H2,1-2H3/t12-/m0/s1. The molecule has 3 nitrogen and oxygen atoms in total. The molecular weight excluding hydrogens is 202 g/mol. The minimum absolute atomic E-state index is 0.163. The van der Waals surface area contributed by atoms with Crippen LogP contribution in [-0.4, -0.2) is 18.1 Å². The third-order valence-corrected chi connectivity index (χ3v) is 3.22. The molecule has 0 aliphatic carbocycles. The van der Waals surface area contributed by atoms with Crippen molar-refractivity contribution in [3.63, 3.8) is 0 Å². The van der Waals surface area contributed by atoms with Gasteiger partial charge in [0, 0.05) is 19.2 Å². The van der Waals surface area contributed by atoms with E-state index in [0.717, 1.165) is 23.2 Å². The van der Waals surface area contributed by atoms with Gasteiger partial charge in [-0.3, -0.25) is 4.79 Å². The van der Waals surface area contributed by atoms with Gasteiger partial charge in [0.25, 0.3) is 0 Å². The number of aliphatic hydroxyl groups is 1. The number of benzene rings is 1. The highest BCUT2D eigenvalue weighted by Crippen LogP contribution is 2.29. The van der Waals surface area contributed by atoms with Gasteiger partial charge in [-0.2, -0.15) is 0 Å². The molecule has 1 N–H and O–H groups in total. The van der Waals surface area contributed by atoms with Crippen molar-refractivity contribution in [2.75, 3.05) is 11.9 Å². The van der Waals surface area contributed by atoms with Crippen molar-refractivity contribution >= 4 is 11.6 Å². The first-order chi connectivity index (χ1) is 7.63. The summed E-state index contributed by atoms with van der Waals surface area (Å²) in [5.41, 5.74) is 3.08. The van der Waals surface area contributed by atoms with Gasteiger partial charge in [-0.1, -0.05) is 19.1 Å². The van der Waals surface area contributed by atoms with Gasteiger partial charge < -0.3 is 10.0 Å². The largest absolute Gasteiger partial charge is 0.388 e. The first kappa shape index (κ1) is 11.1. The third-order valence-electron chi connectivity index (χ3n) is 3.22.